The minimum atomic E-state index is -0.377. The number of carbonyl (C=O) groups is 1. The predicted molar refractivity (Wildman–Crippen MR) is 125 cm³/mol. The summed E-state index contributed by atoms with van der Waals surface area (Å²) >= 11 is 0. The van der Waals surface area contributed by atoms with Crippen molar-refractivity contribution < 1.29 is 14.3 Å². The molecule has 0 bridgehead atoms. The Bertz CT molecular complexity index is 1030. The first kappa shape index (κ1) is 23.1. The van der Waals surface area contributed by atoms with E-state index < -0.39 is 0 Å². The maximum Gasteiger partial charge on any atom is 0.281 e. The number of hydrogen-bond donors (Lipinski definition) is 2. The highest BCUT2D eigenvalue weighted by atomic mass is 16.5. The van der Waals surface area contributed by atoms with E-state index in [4.69, 9.17) is 15.2 Å². The van der Waals surface area contributed by atoms with E-state index in [1.165, 1.54) is 0 Å². The summed E-state index contributed by atoms with van der Waals surface area (Å²) < 4.78 is 12.5. The number of nitrogen functional groups attached to an aromatic ring is 1. The molecule has 1 atom stereocenters. The van der Waals surface area contributed by atoms with Crippen LogP contribution in [0.3, 0.4) is 0 Å². The van der Waals surface area contributed by atoms with Gasteiger partial charge in [0.25, 0.3) is 5.91 Å². The average Bonchev–Trinajstić information content (AvgIpc) is 3.12. The van der Waals surface area contributed by atoms with Crippen LogP contribution in [-0.4, -0.2) is 58.4 Å². The van der Waals surface area contributed by atoms with Gasteiger partial charge < -0.3 is 25.4 Å². The van der Waals surface area contributed by atoms with E-state index >= 15 is 0 Å². The number of benzene rings is 2. The lowest BCUT2D eigenvalue weighted by Crippen LogP contribution is -2.30. The first-order chi connectivity index (χ1) is 15.2. The Balaban J connectivity index is 1.64. The second-order valence-corrected chi connectivity index (χ2v) is 7.97. The number of hydrogen-bond acceptors (Lipinski definition) is 8. The van der Waals surface area contributed by atoms with Gasteiger partial charge in [-0.3, -0.25) is 4.79 Å². The molecule has 9 heteroatoms. The first-order valence-corrected chi connectivity index (χ1v) is 10.4. The highest BCUT2D eigenvalue weighted by Crippen LogP contribution is 2.20. The van der Waals surface area contributed by atoms with Gasteiger partial charge in [0.15, 0.2) is 0 Å². The summed E-state index contributed by atoms with van der Waals surface area (Å²) in [6.07, 6.45) is 0.0541. The average molecular weight is 439 g/mol. The number of anilines is 3. The van der Waals surface area contributed by atoms with Gasteiger partial charge in [0.05, 0.1) is 6.10 Å². The van der Waals surface area contributed by atoms with E-state index in [0.717, 1.165) is 16.1 Å². The maximum atomic E-state index is 12.8. The van der Waals surface area contributed by atoms with Crippen LogP contribution in [0, 0.1) is 0 Å². The molecule has 0 aliphatic rings. The van der Waals surface area contributed by atoms with Gasteiger partial charge in [0.1, 0.15) is 18.1 Å². The van der Waals surface area contributed by atoms with E-state index in [1.807, 2.05) is 52.2 Å². The quantitative estimate of drug-likeness (QED) is 0.523. The van der Waals surface area contributed by atoms with Crippen LogP contribution < -0.4 is 20.5 Å². The van der Waals surface area contributed by atoms with Crippen LogP contribution in [0.25, 0.3) is 0 Å². The molecule has 32 heavy (non-hydrogen) atoms. The van der Waals surface area contributed by atoms with Gasteiger partial charge in [-0.15, -0.1) is 5.10 Å². The van der Waals surface area contributed by atoms with Gasteiger partial charge in [0, 0.05) is 17.3 Å². The van der Waals surface area contributed by atoms with E-state index in [-0.39, 0.29) is 23.9 Å². The number of carbonyl (C=O) groups excluding carboxylic acids is 1. The second kappa shape index (κ2) is 10.1. The van der Waals surface area contributed by atoms with Crippen molar-refractivity contribution in [2.75, 3.05) is 31.8 Å². The molecule has 1 unspecified atom stereocenters. The van der Waals surface area contributed by atoms with Crippen molar-refractivity contribution in [3.8, 4) is 11.5 Å². The number of ether oxygens (including phenoxy) is 2. The van der Waals surface area contributed by atoms with Crippen molar-refractivity contribution in [2.45, 2.75) is 32.9 Å². The molecule has 3 N–H and O–H groups in total. The summed E-state index contributed by atoms with van der Waals surface area (Å²) in [7, 11) is 4.03. The molecule has 0 amide bonds. The van der Waals surface area contributed by atoms with Crippen molar-refractivity contribution in [2.24, 2.45) is 0 Å². The van der Waals surface area contributed by atoms with Gasteiger partial charge in [0.2, 0.25) is 11.9 Å². The molecule has 0 spiro atoms. The second-order valence-electron chi connectivity index (χ2n) is 7.97. The number of nitrogens with one attached hydrogen (secondary N) is 1. The molecule has 0 aliphatic carbocycles. The molecule has 3 aromatic rings. The van der Waals surface area contributed by atoms with Gasteiger partial charge in [-0.25, -0.2) is 0 Å². The largest absolute Gasteiger partial charge is 0.492 e. The van der Waals surface area contributed by atoms with Crippen LogP contribution in [-0.2, 0) is 0 Å². The van der Waals surface area contributed by atoms with Crippen LogP contribution >= 0.6 is 0 Å². The minimum absolute atomic E-state index is 0.00219. The molecule has 3 rings (SSSR count). The molecule has 0 aliphatic heterocycles. The molecule has 1 aromatic heterocycles. The fraction of sp³-hybridized carbons (Fsp3) is 0.348. The summed E-state index contributed by atoms with van der Waals surface area (Å²) in [5.74, 6) is 1.30. The zero-order valence-electron chi connectivity index (χ0n) is 19.1. The van der Waals surface area contributed by atoms with Gasteiger partial charge in [-0.05, 0) is 83.4 Å². The van der Waals surface area contributed by atoms with Crippen LogP contribution in [0.1, 0.15) is 31.1 Å². The zero-order chi connectivity index (χ0) is 23.3. The van der Waals surface area contributed by atoms with Crippen molar-refractivity contribution in [1.82, 2.24) is 19.7 Å². The van der Waals surface area contributed by atoms with Gasteiger partial charge in [-0.1, -0.05) is 0 Å². The SMILES string of the molecule is CC(C)Oc1ccc(C(=O)n2nc(Nc3ccc(OCC(C)N(C)C)cc3)nc2N)cc1. The molecule has 0 saturated heterocycles. The number of aromatic nitrogens is 3. The van der Waals surface area contributed by atoms with E-state index in [2.05, 4.69) is 27.2 Å². The van der Waals surface area contributed by atoms with E-state index in [1.54, 1.807) is 24.3 Å². The smallest absolute Gasteiger partial charge is 0.281 e. The van der Waals surface area contributed by atoms with Crippen LogP contribution in [0.2, 0.25) is 0 Å². The van der Waals surface area contributed by atoms with E-state index in [9.17, 15) is 4.79 Å². The fourth-order valence-corrected chi connectivity index (χ4v) is 2.73. The Morgan fingerprint density at radius 2 is 1.69 bits per heavy atom. The lowest BCUT2D eigenvalue weighted by Gasteiger charge is -2.20. The molecule has 0 fully saturated rings. The molecular formula is C23H30N6O3. The highest BCUT2D eigenvalue weighted by Gasteiger charge is 2.16. The minimum Gasteiger partial charge on any atom is -0.492 e. The summed E-state index contributed by atoms with van der Waals surface area (Å²) in [6.45, 7) is 6.57. The number of nitrogens with two attached hydrogens (primary N) is 1. The summed E-state index contributed by atoms with van der Waals surface area (Å²) in [5.41, 5.74) is 7.10. The number of likely N-dealkylation sites (N-methyl/N-ethyl adjacent to an activating group) is 1. The monoisotopic (exact) mass is 438 g/mol. The Morgan fingerprint density at radius 1 is 1.06 bits per heavy atom. The predicted octanol–water partition coefficient (Wildman–Crippen LogP) is 3.41. The van der Waals surface area contributed by atoms with Crippen LogP contribution in [0.15, 0.2) is 48.5 Å². The molecule has 1 heterocycles. The Morgan fingerprint density at radius 3 is 2.28 bits per heavy atom. The Kier molecular flexibility index (Phi) is 7.32. The van der Waals surface area contributed by atoms with Crippen molar-refractivity contribution in [1.29, 1.82) is 0 Å². The first-order valence-electron chi connectivity index (χ1n) is 10.4. The maximum absolute atomic E-state index is 12.8. The van der Waals surface area contributed by atoms with Crippen molar-refractivity contribution >= 4 is 23.5 Å². The molecule has 0 saturated carbocycles. The summed E-state index contributed by atoms with van der Waals surface area (Å²) in [4.78, 5) is 19.0. The van der Waals surface area contributed by atoms with Crippen molar-refractivity contribution in [3.63, 3.8) is 0 Å². The van der Waals surface area contributed by atoms with Crippen molar-refractivity contribution in [3.05, 3.63) is 54.1 Å². The third kappa shape index (κ3) is 5.98. The Labute approximate surface area is 188 Å². The molecular weight excluding hydrogens is 408 g/mol. The number of rotatable bonds is 9. The molecule has 9 nitrogen and oxygen atoms in total. The van der Waals surface area contributed by atoms with Gasteiger partial charge >= 0.3 is 0 Å². The normalized spacial score (nSPS) is 12.1. The standard InChI is InChI=1S/C23H30N6O3/c1-15(2)32-20-10-6-17(7-11-20)21(30)29-22(24)26-23(27-29)25-18-8-12-19(13-9-18)31-14-16(3)28(4)5/h6-13,15-16H,14H2,1-5H3,(H3,24,25,26,27). The van der Waals surface area contributed by atoms with Crippen LogP contribution in [0.5, 0.6) is 11.5 Å². The van der Waals surface area contributed by atoms with Crippen LogP contribution in [0.4, 0.5) is 17.6 Å². The third-order valence-electron chi connectivity index (χ3n) is 4.78. The summed E-state index contributed by atoms with van der Waals surface area (Å²) in [6, 6.07) is 14.5. The fourth-order valence-electron chi connectivity index (χ4n) is 2.73. The third-order valence-corrected chi connectivity index (χ3v) is 4.78. The molecule has 2 aromatic carbocycles. The molecule has 170 valence electrons. The van der Waals surface area contributed by atoms with E-state index in [0.29, 0.717) is 24.0 Å². The number of nitrogens with zero attached hydrogens (tertiary/aromatic N) is 4. The zero-order valence-corrected chi connectivity index (χ0v) is 19.1. The Hall–Kier alpha value is -3.59. The summed E-state index contributed by atoms with van der Waals surface area (Å²) in [5, 5.41) is 7.26. The lowest BCUT2D eigenvalue weighted by atomic mass is 10.2. The molecule has 0 radical (unpaired) electrons. The highest BCUT2D eigenvalue weighted by molar-refractivity contribution is 5.97. The van der Waals surface area contributed by atoms with Gasteiger partial charge in [-0.2, -0.15) is 9.67 Å². The lowest BCUT2D eigenvalue weighted by molar-refractivity contribution is 0.0948. The topological polar surface area (TPSA) is 108 Å².